The predicted molar refractivity (Wildman–Crippen MR) is 85.1 cm³/mol. The van der Waals surface area contributed by atoms with Gasteiger partial charge in [0.1, 0.15) is 0 Å². The third kappa shape index (κ3) is 5.41. The molecule has 0 saturated heterocycles. The van der Waals surface area contributed by atoms with Crippen LogP contribution in [0.5, 0.6) is 0 Å². The number of carbonyl (C=O) groups excluding carboxylic acids is 1. The molecule has 18 heavy (non-hydrogen) atoms. The minimum absolute atomic E-state index is 0. The van der Waals surface area contributed by atoms with Gasteiger partial charge >= 0.3 is 0 Å². The molecule has 6 heteroatoms. The number of amides is 1. The van der Waals surface area contributed by atoms with Gasteiger partial charge in [0.25, 0.3) is 0 Å². The van der Waals surface area contributed by atoms with Gasteiger partial charge in [-0.1, -0.05) is 6.92 Å². The summed E-state index contributed by atoms with van der Waals surface area (Å²) in [7, 11) is 0. The number of hydrogen-bond donors (Lipinski definition) is 3. The highest BCUT2D eigenvalue weighted by atomic mass is 127. The maximum Gasteiger partial charge on any atom is 0.224 e. The van der Waals surface area contributed by atoms with Crippen molar-refractivity contribution in [1.82, 2.24) is 10.6 Å². The van der Waals surface area contributed by atoms with Gasteiger partial charge in [-0.05, 0) is 33.1 Å². The Labute approximate surface area is 126 Å². The highest BCUT2D eigenvalue weighted by Crippen LogP contribution is 2.28. The Balaban J connectivity index is 0.00000289. The summed E-state index contributed by atoms with van der Waals surface area (Å²) >= 11 is 0. The standard InChI is InChI=1S/C12H24N4O.HI/c1-5-14-11(16-9-6-8(9)2)15-7-12(3,4)10(13)17;/h8-9H,5-7H2,1-4H3,(H2,13,17)(H2,14,15,16);1H. The molecule has 2 unspecified atom stereocenters. The van der Waals surface area contributed by atoms with E-state index in [0.29, 0.717) is 18.5 Å². The van der Waals surface area contributed by atoms with Gasteiger partial charge in [-0.2, -0.15) is 0 Å². The average Bonchev–Trinajstić information content (AvgIpc) is 2.91. The number of nitrogens with one attached hydrogen (secondary N) is 2. The Morgan fingerprint density at radius 1 is 1.50 bits per heavy atom. The van der Waals surface area contributed by atoms with Crippen LogP contribution in [0.1, 0.15) is 34.1 Å². The molecule has 0 aromatic heterocycles. The van der Waals surface area contributed by atoms with Crippen LogP contribution in [0.3, 0.4) is 0 Å². The van der Waals surface area contributed by atoms with E-state index < -0.39 is 5.41 Å². The van der Waals surface area contributed by atoms with E-state index in [1.54, 1.807) is 0 Å². The number of primary amides is 1. The van der Waals surface area contributed by atoms with E-state index in [-0.39, 0.29) is 29.9 Å². The molecule has 1 rings (SSSR count). The van der Waals surface area contributed by atoms with Gasteiger partial charge in [-0.3, -0.25) is 9.79 Å². The number of carbonyl (C=O) groups is 1. The molecule has 1 aliphatic carbocycles. The monoisotopic (exact) mass is 368 g/mol. The number of aliphatic imine (C=N–C) groups is 1. The summed E-state index contributed by atoms with van der Waals surface area (Å²) in [6, 6.07) is 0.518. The van der Waals surface area contributed by atoms with Crippen LogP contribution in [-0.2, 0) is 4.79 Å². The lowest BCUT2D eigenvalue weighted by atomic mass is 9.93. The molecule has 0 aromatic carbocycles. The molecule has 1 fully saturated rings. The number of nitrogens with zero attached hydrogens (tertiary/aromatic N) is 1. The molecule has 0 aromatic rings. The van der Waals surface area contributed by atoms with Crippen molar-refractivity contribution in [3.63, 3.8) is 0 Å². The zero-order chi connectivity index (χ0) is 13.1. The highest BCUT2D eigenvalue weighted by molar-refractivity contribution is 14.0. The number of rotatable bonds is 5. The molecule has 1 aliphatic rings. The molecule has 1 saturated carbocycles. The van der Waals surface area contributed by atoms with Crippen molar-refractivity contribution in [3.05, 3.63) is 0 Å². The zero-order valence-corrected chi connectivity index (χ0v) is 13.9. The molecule has 2 atom stereocenters. The summed E-state index contributed by atoms with van der Waals surface area (Å²) in [6.07, 6.45) is 1.18. The first-order chi connectivity index (χ1) is 7.86. The largest absolute Gasteiger partial charge is 0.369 e. The van der Waals surface area contributed by atoms with Gasteiger partial charge in [-0.25, -0.2) is 0 Å². The third-order valence-electron chi connectivity index (χ3n) is 3.08. The Kier molecular flexibility index (Phi) is 6.94. The van der Waals surface area contributed by atoms with Crippen molar-refractivity contribution in [2.45, 2.75) is 40.2 Å². The molecule has 5 nitrogen and oxygen atoms in total. The highest BCUT2D eigenvalue weighted by Gasteiger charge is 2.33. The second-order valence-corrected chi connectivity index (χ2v) is 5.41. The summed E-state index contributed by atoms with van der Waals surface area (Å²) in [6.45, 7) is 9.05. The van der Waals surface area contributed by atoms with Gasteiger partial charge in [-0.15, -0.1) is 24.0 Å². The number of nitrogens with two attached hydrogens (primary N) is 1. The normalized spacial score (nSPS) is 23.0. The summed E-state index contributed by atoms with van der Waals surface area (Å²) in [4.78, 5) is 15.6. The molecule has 4 N–H and O–H groups in total. The van der Waals surface area contributed by atoms with Crippen molar-refractivity contribution >= 4 is 35.8 Å². The fourth-order valence-electron chi connectivity index (χ4n) is 1.37. The molecule has 106 valence electrons. The van der Waals surface area contributed by atoms with Gasteiger partial charge in [0.05, 0.1) is 12.0 Å². The fraction of sp³-hybridized carbons (Fsp3) is 0.833. The van der Waals surface area contributed by atoms with E-state index in [4.69, 9.17) is 5.73 Å². The van der Waals surface area contributed by atoms with Gasteiger partial charge in [0.2, 0.25) is 5.91 Å². The summed E-state index contributed by atoms with van der Waals surface area (Å²) in [5, 5.41) is 6.51. The van der Waals surface area contributed by atoms with Crippen molar-refractivity contribution in [2.24, 2.45) is 22.1 Å². The lowest BCUT2D eigenvalue weighted by Crippen LogP contribution is -2.41. The smallest absolute Gasteiger partial charge is 0.224 e. The zero-order valence-electron chi connectivity index (χ0n) is 11.6. The lowest BCUT2D eigenvalue weighted by Gasteiger charge is -2.19. The lowest BCUT2D eigenvalue weighted by molar-refractivity contribution is -0.125. The van der Waals surface area contributed by atoms with Gasteiger partial charge < -0.3 is 16.4 Å². The first-order valence-corrected chi connectivity index (χ1v) is 6.21. The van der Waals surface area contributed by atoms with E-state index in [9.17, 15) is 4.79 Å². The minimum atomic E-state index is -0.600. The van der Waals surface area contributed by atoms with E-state index >= 15 is 0 Å². The Hall–Kier alpha value is -0.530. The summed E-state index contributed by atoms with van der Waals surface area (Å²) < 4.78 is 0. The van der Waals surface area contributed by atoms with Crippen molar-refractivity contribution in [2.75, 3.05) is 13.1 Å². The van der Waals surface area contributed by atoms with Crippen LogP contribution in [0, 0.1) is 11.3 Å². The fourth-order valence-corrected chi connectivity index (χ4v) is 1.37. The molecular formula is C12H25IN4O. The van der Waals surface area contributed by atoms with E-state index in [2.05, 4.69) is 22.5 Å². The van der Waals surface area contributed by atoms with Gasteiger partial charge in [0, 0.05) is 12.6 Å². The maximum atomic E-state index is 11.2. The average molecular weight is 368 g/mol. The van der Waals surface area contributed by atoms with Gasteiger partial charge in [0.15, 0.2) is 5.96 Å². The van der Waals surface area contributed by atoms with Crippen LogP contribution < -0.4 is 16.4 Å². The van der Waals surface area contributed by atoms with Crippen LogP contribution >= 0.6 is 24.0 Å². The molecule has 0 aliphatic heterocycles. The first kappa shape index (κ1) is 17.5. The second kappa shape index (κ2) is 7.16. The third-order valence-corrected chi connectivity index (χ3v) is 3.08. The Morgan fingerprint density at radius 2 is 2.06 bits per heavy atom. The van der Waals surface area contributed by atoms with Crippen molar-refractivity contribution < 1.29 is 4.79 Å². The molecule has 0 radical (unpaired) electrons. The van der Waals surface area contributed by atoms with Crippen LogP contribution in [0.25, 0.3) is 0 Å². The maximum absolute atomic E-state index is 11.2. The summed E-state index contributed by atoms with van der Waals surface area (Å²) in [5.74, 6) is 1.16. The molecule has 0 spiro atoms. The van der Waals surface area contributed by atoms with Crippen molar-refractivity contribution in [3.8, 4) is 0 Å². The quantitative estimate of drug-likeness (QED) is 0.386. The first-order valence-electron chi connectivity index (χ1n) is 6.21. The van der Waals surface area contributed by atoms with E-state index in [1.165, 1.54) is 6.42 Å². The molecule has 0 bridgehead atoms. The van der Waals surface area contributed by atoms with E-state index in [0.717, 1.165) is 12.5 Å². The Bertz CT molecular complexity index is 317. The topological polar surface area (TPSA) is 79.5 Å². The van der Waals surface area contributed by atoms with E-state index in [1.807, 2.05) is 20.8 Å². The SMILES string of the molecule is CCNC(=NCC(C)(C)C(N)=O)NC1CC1C.I. The molecule has 0 heterocycles. The van der Waals surface area contributed by atoms with Crippen LogP contribution in [0.4, 0.5) is 0 Å². The Morgan fingerprint density at radius 3 is 2.44 bits per heavy atom. The van der Waals surface area contributed by atoms with Crippen LogP contribution in [0.2, 0.25) is 0 Å². The van der Waals surface area contributed by atoms with Crippen LogP contribution in [0.15, 0.2) is 4.99 Å². The number of halogens is 1. The minimum Gasteiger partial charge on any atom is -0.369 e. The summed E-state index contributed by atoms with van der Waals surface area (Å²) in [5.41, 5.74) is 4.72. The second-order valence-electron chi connectivity index (χ2n) is 5.41. The number of guanidine groups is 1. The molecule has 1 amide bonds. The molecular weight excluding hydrogens is 343 g/mol. The number of hydrogen-bond acceptors (Lipinski definition) is 2. The van der Waals surface area contributed by atoms with Crippen LogP contribution in [-0.4, -0.2) is 31.0 Å². The van der Waals surface area contributed by atoms with Crippen molar-refractivity contribution in [1.29, 1.82) is 0 Å². The predicted octanol–water partition coefficient (Wildman–Crippen LogP) is 1.08.